The molecule has 1 aliphatic rings. The number of nitrogens with one attached hydrogen (secondary N) is 1. The van der Waals surface area contributed by atoms with E-state index in [-0.39, 0.29) is 16.6 Å². The quantitative estimate of drug-likeness (QED) is 0.484. The van der Waals surface area contributed by atoms with Gasteiger partial charge < -0.3 is 9.73 Å². The molecule has 1 aromatic carbocycles. The van der Waals surface area contributed by atoms with Crippen LogP contribution in [0.5, 0.6) is 0 Å². The average Bonchev–Trinajstić information content (AvgIpc) is 3.52. The number of thioether (sulfide) groups is 1. The minimum atomic E-state index is -0.258. The highest BCUT2D eigenvalue weighted by molar-refractivity contribution is 8.00. The fourth-order valence-electron chi connectivity index (χ4n) is 4.01. The predicted octanol–water partition coefficient (Wildman–Crippen LogP) is 5.42. The topological polar surface area (TPSA) is 73.0 Å². The summed E-state index contributed by atoms with van der Waals surface area (Å²) < 4.78 is 7.63. The van der Waals surface area contributed by atoms with Crippen LogP contribution < -0.4 is 5.32 Å². The van der Waals surface area contributed by atoms with Crippen LogP contribution in [0.4, 0.5) is 0 Å². The summed E-state index contributed by atoms with van der Waals surface area (Å²) in [7, 11) is 0. The molecule has 1 N–H and O–H groups in total. The van der Waals surface area contributed by atoms with Crippen molar-refractivity contribution >= 4 is 17.7 Å². The molecule has 0 spiro atoms. The van der Waals surface area contributed by atoms with Crippen molar-refractivity contribution in [3.8, 4) is 11.4 Å². The number of carbonyl (C=O) groups excluding carboxylic acids is 1. The third-order valence-corrected chi connectivity index (χ3v) is 7.05. The first-order valence-corrected chi connectivity index (χ1v) is 12.2. The number of nitrogens with zero attached hydrogens (tertiary/aromatic N) is 3. The Morgan fingerprint density at radius 2 is 1.91 bits per heavy atom. The molecule has 0 bridgehead atoms. The van der Waals surface area contributed by atoms with Crippen molar-refractivity contribution in [3.05, 3.63) is 54.0 Å². The molecule has 1 fully saturated rings. The molecule has 7 heteroatoms. The summed E-state index contributed by atoms with van der Waals surface area (Å²) in [5, 5.41) is 12.6. The van der Waals surface area contributed by atoms with E-state index in [1.54, 1.807) is 6.26 Å². The number of amides is 1. The summed E-state index contributed by atoms with van der Waals surface area (Å²) in [5.74, 6) is 1.65. The Balaban J connectivity index is 1.58. The van der Waals surface area contributed by atoms with Gasteiger partial charge in [-0.15, -0.1) is 10.2 Å². The molecule has 0 radical (unpaired) electrons. The number of furan rings is 1. The highest BCUT2D eigenvalue weighted by atomic mass is 32.2. The van der Waals surface area contributed by atoms with Gasteiger partial charge in [0.05, 0.1) is 18.1 Å². The molecule has 2 aromatic heterocycles. The van der Waals surface area contributed by atoms with E-state index in [9.17, 15) is 4.79 Å². The molecule has 0 aliphatic heterocycles. The molecule has 4 rings (SSSR count). The Kier molecular flexibility index (Phi) is 6.74. The van der Waals surface area contributed by atoms with E-state index < -0.39 is 0 Å². The van der Waals surface area contributed by atoms with Gasteiger partial charge in [-0.1, -0.05) is 69.6 Å². The highest BCUT2D eigenvalue weighted by Gasteiger charge is 2.25. The van der Waals surface area contributed by atoms with Crippen LogP contribution in [0, 0.1) is 0 Å². The van der Waals surface area contributed by atoms with E-state index in [0.29, 0.717) is 17.7 Å². The first-order valence-electron chi connectivity index (χ1n) is 11.3. The second kappa shape index (κ2) is 9.53. The number of benzene rings is 1. The number of carbonyl (C=O) groups is 1. The van der Waals surface area contributed by atoms with Crippen LogP contribution in [-0.4, -0.2) is 32.0 Å². The van der Waals surface area contributed by atoms with Gasteiger partial charge in [0.15, 0.2) is 11.0 Å². The molecule has 1 aliphatic carbocycles. The van der Waals surface area contributed by atoms with E-state index in [1.165, 1.54) is 30.2 Å². The van der Waals surface area contributed by atoms with E-state index in [2.05, 4.69) is 60.6 Å². The van der Waals surface area contributed by atoms with Crippen molar-refractivity contribution < 1.29 is 9.21 Å². The Morgan fingerprint density at radius 1 is 1.19 bits per heavy atom. The van der Waals surface area contributed by atoms with Crippen molar-refractivity contribution in [2.45, 2.75) is 81.8 Å². The van der Waals surface area contributed by atoms with Crippen LogP contribution in [-0.2, 0) is 16.8 Å². The van der Waals surface area contributed by atoms with Crippen LogP contribution in [0.15, 0.2) is 52.2 Å². The van der Waals surface area contributed by atoms with Gasteiger partial charge in [-0.05, 0) is 42.9 Å². The predicted molar refractivity (Wildman–Crippen MR) is 128 cm³/mol. The van der Waals surface area contributed by atoms with E-state index in [1.807, 2.05) is 23.6 Å². The van der Waals surface area contributed by atoms with E-state index >= 15 is 0 Å². The molecule has 6 nitrogen and oxygen atoms in total. The van der Waals surface area contributed by atoms with Crippen LogP contribution in [0.1, 0.15) is 64.7 Å². The lowest BCUT2D eigenvalue weighted by Crippen LogP contribution is -2.37. The van der Waals surface area contributed by atoms with Crippen LogP contribution in [0.2, 0.25) is 0 Å². The van der Waals surface area contributed by atoms with Gasteiger partial charge in [-0.25, -0.2) is 0 Å². The Labute approximate surface area is 194 Å². The molecule has 170 valence electrons. The van der Waals surface area contributed by atoms with Crippen molar-refractivity contribution in [1.29, 1.82) is 0 Å². The number of aromatic nitrogens is 3. The Bertz CT molecular complexity index is 1030. The van der Waals surface area contributed by atoms with Gasteiger partial charge >= 0.3 is 0 Å². The summed E-state index contributed by atoms with van der Waals surface area (Å²) in [4.78, 5) is 12.7. The molecule has 3 aromatic rings. The van der Waals surface area contributed by atoms with Crippen LogP contribution >= 0.6 is 11.8 Å². The zero-order valence-electron chi connectivity index (χ0n) is 19.3. The monoisotopic (exact) mass is 452 g/mol. The van der Waals surface area contributed by atoms with Crippen LogP contribution in [0.25, 0.3) is 11.4 Å². The number of hydrogen-bond acceptors (Lipinski definition) is 5. The summed E-state index contributed by atoms with van der Waals surface area (Å²) in [6.07, 6.45) is 6.21. The van der Waals surface area contributed by atoms with Gasteiger partial charge in [0.1, 0.15) is 5.76 Å². The SMILES string of the molecule is C[C@@H](Sc1nnc(-c2ccc(C(C)(C)C)cc2)n1Cc1ccco1)C(=O)NC1CCCC1. The largest absolute Gasteiger partial charge is 0.467 e. The maximum Gasteiger partial charge on any atom is 0.233 e. The van der Waals surface area contributed by atoms with E-state index in [4.69, 9.17) is 4.42 Å². The van der Waals surface area contributed by atoms with Crippen molar-refractivity contribution in [3.63, 3.8) is 0 Å². The minimum Gasteiger partial charge on any atom is -0.467 e. The number of rotatable bonds is 7. The smallest absolute Gasteiger partial charge is 0.233 e. The van der Waals surface area contributed by atoms with Crippen molar-refractivity contribution in [2.24, 2.45) is 0 Å². The molecular weight excluding hydrogens is 420 g/mol. The lowest BCUT2D eigenvalue weighted by molar-refractivity contribution is -0.120. The van der Waals surface area contributed by atoms with Crippen molar-refractivity contribution in [1.82, 2.24) is 20.1 Å². The van der Waals surface area contributed by atoms with Crippen LogP contribution in [0.3, 0.4) is 0 Å². The van der Waals surface area contributed by atoms with Gasteiger partial charge in [0.2, 0.25) is 5.91 Å². The maximum absolute atomic E-state index is 12.7. The first kappa shape index (κ1) is 22.6. The zero-order chi connectivity index (χ0) is 22.7. The standard InChI is InChI=1S/C25H32N4O2S/c1-17(23(30)26-20-8-5-6-9-20)32-24-28-27-22(29(24)16-21-10-7-15-31-21)18-11-13-19(14-12-18)25(2,3)4/h7,10-15,17,20H,5-6,8-9,16H2,1-4H3,(H,26,30)/t17-/m1/s1. The lowest BCUT2D eigenvalue weighted by Gasteiger charge is -2.19. The molecular formula is C25H32N4O2S. The minimum absolute atomic E-state index is 0.0607. The molecule has 32 heavy (non-hydrogen) atoms. The first-order chi connectivity index (χ1) is 15.3. The van der Waals surface area contributed by atoms with E-state index in [0.717, 1.165) is 30.0 Å². The molecule has 1 atom stereocenters. The molecule has 0 saturated heterocycles. The Morgan fingerprint density at radius 3 is 2.53 bits per heavy atom. The maximum atomic E-state index is 12.7. The molecule has 0 unspecified atom stereocenters. The third-order valence-electron chi connectivity index (χ3n) is 5.97. The number of hydrogen-bond donors (Lipinski definition) is 1. The van der Waals surface area contributed by atoms with Gasteiger partial charge in [-0.2, -0.15) is 0 Å². The van der Waals surface area contributed by atoms with Crippen molar-refractivity contribution in [2.75, 3.05) is 0 Å². The van der Waals surface area contributed by atoms with Gasteiger partial charge in [-0.3, -0.25) is 9.36 Å². The lowest BCUT2D eigenvalue weighted by atomic mass is 9.87. The Hall–Kier alpha value is -2.54. The van der Waals surface area contributed by atoms with Gasteiger partial charge in [0.25, 0.3) is 0 Å². The summed E-state index contributed by atoms with van der Waals surface area (Å²) in [5.41, 5.74) is 2.35. The second-order valence-electron chi connectivity index (χ2n) is 9.55. The summed E-state index contributed by atoms with van der Waals surface area (Å²) in [6.45, 7) is 9.05. The average molecular weight is 453 g/mol. The molecule has 1 amide bonds. The molecule has 1 saturated carbocycles. The second-order valence-corrected chi connectivity index (χ2v) is 10.9. The fraction of sp³-hybridized carbons (Fsp3) is 0.480. The third kappa shape index (κ3) is 5.26. The highest BCUT2D eigenvalue weighted by Crippen LogP contribution is 2.30. The summed E-state index contributed by atoms with van der Waals surface area (Å²) >= 11 is 1.44. The molecule has 2 heterocycles. The fourth-order valence-corrected chi connectivity index (χ4v) is 4.87. The normalized spacial score (nSPS) is 15.8. The van der Waals surface area contributed by atoms with Gasteiger partial charge in [0, 0.05) is 11.6 Å². The summed E-state index contributed by atoms with van der Waals surface area (Å²) in [6, 6.07) is 12.6. The zero-order valence-corrected chi connectivity index (χ0v) is 20.1.